The Balaban J connectivity index is 3.13. The van der Waals surface area contributed by atoms with Crippen molar-refractivity contribution in [2.75, 3.05) is 0 Å². The lowest BCUT2D eigenvalue weighted by Gasteiger charge is -2.22. The second-order valence-electron chi connectivity index (χ2n) is 8.80. The number of aliphatic hydroxyl groups is 1. The van der Waals surface area contributed by atoms with E-state index in [0.717, 1.165) is 12.8 Å². The van der Waals surface area contributed by atoms with Crippen molar-refractivity contribution in [3.63, 3.8) is 0 Å². The Hall–Kier alpha value is -0.0400. The van der Waals surface area contributed by atoms with Gasteiger partial charge in [-0.15, -0.1) is 0 Å². The highest BCUT2D eigenvalue weighted by molar-refractivity contribution is 4.68. The third-order valence-electron chi connectivity index (χ3n) is 4.74. The van der Waals surface area contributed by atoms with Crippen molar-refractivity contribution in [1.82, 2.24) is 0 Å². The zero-order valence-electron chi connectivity index (χ0n) is 16.8. The third kappa shape index (κ3) is 19.9. The molecule has 23 heavy (non-hydrogen) atoms. The molecule has 0 aliphatic carbocycles. The fourth-order valence-electron chi connectivity index (χ4n) is 3.38. The third-order valence-corrected chi connectivity index (χ3v) is 4.74. The molecule has 1 unspecified atom stereocenters. The molecule has 0 aliphatic heterocycles. The van der Waals surface area contributed by atoms with Crippen LogP contribution in [0.2, 0.25) is 0 Å². The molecule has 1 N–H and O–H groups in total. The molecule has 0 rings (SSSR count). The Morgan fingerprint density at radius 1 is 0.609 bits per heavy atom. The number of aliphatic hydroxyl groups excluding tert-OH is 1. The predicted octanol–water partition coefficient (Wildman–Crippen LogP) is 7.65. The number of rotatable bonds is 16. The van der Waals surface area contributed by atoms with Gasteiger partial charge in [0.25, 0.3) is 0 Å². The van der Waals surface area contributed by atoms with Gasteiger partial charge in [0, 0.05) is 0 Å². The summed E-state index contributed by atoms with van der Waals surface area (Å²) in [5.41, 5.74) is 0.259. The van der Waals surface area contributed by atoms with Gasteiger partial charge in [0.05, 0.1) is 6.10 Å². The monoisotopic (exact) mass is 326 g/mol. The number of hydrogen-bond acceptors (Lipinski definition) is 1. The van der Waals surface area contributed by atoms with E-state index in [-0.39, 0.29) is 11.5 Å². The molecular formula is C22H46O. The molecule has 0 aromatic carbocycles. The van der Waals surface area contributed by atoms with Crippen LogP contribution in [0.5, 0.6) is 0 Å². The van der Waals surface area contributed by atoms with Gasteiger partial charge in [-0.25, -0.2) is 0 Å². The Labute approximate surface area is 147 Å². The molecule has 0 aromatic rings. The van der Waals surface area contributed by atoms with E-state index in [1.54, 1.807) is 0 Å². The molecule has 1 heteroatoms. The van der Waals surface area contributed by atoms with Crippen molar-refractivity contribution in [2.24, 2.45) is 5.41 Å². The molecule has 0 saturated carbocycles. The Morgan fingerprint density at radius 2 is 0.957 bits per heavy atom. The molecule has 1 atom stereocenters. The fraction of sp³-hybridized carbons (Fsp3) is 1.00. The van der Waals surface area contributed by atoms with Crippen LogP contribution in [0.15, 0.2) is 0 Å². The summed E-state index contributed by atoms with van der Waals surface area (Å²) in [6, 6.07) is 0. The minimum Gasteiger partial charge on any atom is -0.393 e. The van der Waals surface area contributed by atoms with Gasteiger partial charge in [0.15, 0.2) is 0 Å². The van der Waals surface area contributed by atoms with Gasteiger partial charge in [0.1, 0.15) is 0 Å². The smallest absolute Gasteiger partial charge is 0.0545 e. The summed E-state index contributed by atoms with van der Waals surface area (Å²) in [6.07, 6.45) is 21.4. The first kappa shape index (κ1) is 23.0. The topological polar surface area (TPSA) is 20.2 Å². The van der Waals surface area contributed by atoms with E-state index in [2.05, 4.69) is 27.7 Å². The minimum absolute atomic E-state index is 0.0904. The molecule has 140 valence electrons. The first-order valence-corrected chi connectivity index (χ1v) is 10.6. The predicted molar refractivity (Wildman–Crippen MR) is 105 cm³/mol. The van der Waals surface area contributed by atoms with Crippen molar-refractivity contribution in [3.8, 4) is 0 Å². The Morgan fingerprint density at radius 3 is 1.30 bits per heavy atom. The lowest BCUT2D eigenvalue weighted by Crippen LogP contribution is -2.17. The molecule has 0 fully saturated rings. The molecule has 0 radical (unpaired) electrons. The number of hydrogen-bond donors (Lipinski definition) is 1. The van der Waals surface area contributed by atoms with Crippen molar-refractivity contribution in [2.45, 2.75) is 137 Å². The van der Waals surface area contributed by atoms with E-state index in [1.807, 2.05) is 0 Å². The fourth-order valence-corrected chi connectivity index (χ4v) is 3.38. The molecule has 0 spiro atoms. The highest BCUT2D eigenvalue weighted by Gasteiger charge is 2.15. The molecular weight excluding hydrogens is 280 g/mol. The lowest BCUT2D eigenvalue weighted by molar-refractivity contribution is 0.110. The molecule has 0 heterocycles. The summed E-state index contributed by atoms with van der Waals surface area (Å²) in [5.74, 6) is 0. The summed E-state index contributed by atoms with van der Waals surface area (Å²) in [4.78, 5) is 0. The zero-order valence-corrected chi connectivity index (χ0v) is 16.8. The quantitative estimate of drug-likeness (QED) is 0.289. The molecule has 0 amide bonds. The van der Waals surface area contributed by atoms with E-state index in [1.165, 1.54) is 89.9 Å². The van der Waals surface area contributed by atoms with Crippen LogP contribution in [0.25, 0.3) is 0 Å². The van der Waals surface area contributed by atoms with Crippen molar-refractivity contribution in [3.05, 3.63) is 0 Å². The van der Waals surface area contributed by atoms with E-state index in [0.29, 0.717) is 0 Å². The minimum atomic E-state index is -0.0904. The first-order chi connectivity index (χ1) is 11.0. The van der Waals surface area contributed by atoms with Crippen LogP contribution in [-0.2, 0) is 0 Å². The van der Waals surface area contributed by atoms with Crippen LogP contribution < -0.4 is 0 Å². The second kappa shape index (κ2) is 15.5. The van der Waals surface area contributed by atoms with Gasteiger partial charge in [-0.3, -0.25) is 0 Å². The van der Waals surface area contributed by atoms with Gasteiger partial charge in [-0.1, -0.05) is 118 Å². The summed E-state index contributed by atoms with van der Waals surface area (Å²) < 4.78 is 0. The maximum absolute atomic E-state index is 9.98. The van der Waals surface area contributed by atoms with Crippen molar-refractivity contribution < 1.29 is 5.11 Å². The molecule has 0 bridgehead atoms. The Bertz CT molecular complexity index is 229. The average Bonchev–Trinajstić information content (AvgIpc) is 2.46. The summed E-state index contributed by atoms with van der Waals surface area (Å²) in [7, 11) is 0. The van der Waals surface area contributed by atoms with Gasteiger partial charge in [0.2, 0.25) is 0 Å². The summed E-state index contributed by atoms with van der Waals surface area (Å²) in [5, 5.41) is 9.98. The molecule has 1 nitrogen and oxygen atoms in total. The zero-order chi connectivity index (χ0) is 17.4. The number of unbranched alkanes of at least 4 members (excludes halogenated alkanes) is 13. The van der Waals surface area contributed by atoms with E-state index >= 15 is 0 Å². The van der Waals surface area contributed by atoms with E-state index < -0.39 is 0 Å². The second-order valence-corrected chi connectivity index (χ2v) is 8.80. The van der Waals surface area contributed by atoms with Crippen molar-refractivity contribution in [1.29, 1.82) is 0 Å². The SMILES string of the molecule is CCCCCCCCCCCCCCCCC(O)CC(C)(C)C. The average molecular weight is 327 g/mol. The van der Waals surface area contributed by atoms with Gasteiger partial charge < -0.3 is 5.11 Å². The standard InChI is InChI=1S/C22H46O/c1-5-6-7-8-9-10-11-12-13-14-15-16-17-18-19-21(23)20-22(2,3)4/h21,23H,5-20H2,1-4H3. The molecule has 0 aromatic heterocycles. The lowest BCUT2D eigenvalue weighted by atomic mass is 9.87. The van der Waals surface area contributed by atoms with Gasteiger partial charge in [-0.05, 0) is 18.3 Å². The van der Waals surface area contributed by atoms with Gasteiger partial charge >= 0.3 is 0 Å². The van der Waals surface area contributed by atoms with Crippen LogP contribution >= 0.6 is 0 Å². The van der Waals surface area contributed by atoms with Crippen LogP contribution in [0.4, 0.5) is 0 Å². The maximum Gasteiger partial charge on any atom is 0.0545 e. The van der Waals surface area contributed by atoms with Crippen molar-refractivity contribution >= 4 is 0 Å². The van der Waals surface area contributed by atoms with Crippen LogP contribution in [0.3, 0.4) is 0 Å². The highest BCUT2D eigenvalue weighted by atomic mass is 16.3. The Kier molecular flexibility index (Phi) is 15.5. The van der Waals surface area contributed by atoms with E-state index in [4.69, 9.17) is 0 Å². The van der Waals surface area contributed by atoms with Crippen LogP contribution in [-0.4, -0.2) is 11.2 Å². The summed E-state index contributed by atoms with van der Waals surface area (Å²) >= 11 is 0. The van der Waals surface area contributed by atoms with E-state index in [9.17, 15) is 5.11 Å². The summed E-state index contributed by atoms with van der Waals surface area (Å²) in [6.45, 7) is 8.92. The normalized spacial score (nSPS) is 13.4. The largest absolute Gasteiger partial charge is 0.393 e. The van der Waals surface area contributed by atoms with Gasteiger partial charge in [-0.2, -0.15) is 0 Å². The maximum atomic E-state index is 9.98. The molecule has 0 saturated heterocycles. The first-order valence-electron chi connectivity index (χ1n) is 10.6. The highest BCUT2D eigenvalue weighted by Crippen LogP contribution is 2.23. The van der Waals surface area contributed by atoms with Crippen LogP contribution in [0, 0.1) is 5.41 Å². The van der Waals surface area contributed by atoms with Crippen LogP contribution in [0.1, 0.15) is 130 Å². The molecule has 0 aliphatic rings.